The molecule has 0 saturated heterocycles. The Labute approximate surface area is 143 Å². The summed E-state index contributed by atoms with van der Waals surface area (Å²) in [4.78, 5) is 26.9. The molecule has 0 amide bonds. The van der Waals surface area contributed by atoms with Crippen molar-refractivity contribution >= 4 is 5.97 Å². The van der Waals surface area contributed by atoms with Crippen LogP contribution in [0.1, 0.15) is 64.5 Å². The van der Waals surface area contributed by atoms with Crippen molar-refractivity contribution in [2.45, 2.75) is 65.4 Å². The normalized spacial score (nSPS) is 15.5. The van der Waals surface area contributed by atoms with E-state index in [2.05, 4.69) is 18.8 Å². The first-order valence-corrected chi connectivity index (χ1v) is 9.04. The number of pyridine rings is 1. The van der Waals surface area contributed by atoms with Gasteiger partial charge in [0.1, 0.15) is 6.61 Å². The number of hydrogen-bond acceptors (Lipinski definition) is 4. The van der Waals surface area contributed by atoms with Crippen LogP contribution < -0.4 is 10.2 Å². The van der Waals surface area contributed by atoms with Crippen LogP contribution in [0.3, 0.4) is 0 Å². The fourth-order valence-corrected chi connectivity index (χ4v) is 2.95. The van der Waals surface area contributed by atoms with E-state index in [1.54, 1.807) is 6.20 Å². The van der Waals surface area contributed by atoms with Crippen LogP contribution in [0.2, 0.25) is 0 Å². The van der Waals surface area contributed by atoms with Crippen molar-refractivity contribution in [3.8, 4) is 5.75 Å². The van der Waals surface area contributed by atoms with E-state index < -0.39 is 0 Å². The Kier molecular flexibility index (Phi) is 7.35. The van der Waals surface area contributed by atoms with E-state index in [1.807, 2.05) is 0 Å². The lowest BCUT2D eigenvalue weighted by Gasteiger charge is -2.20. The van der Waals surface area contributed by atoms with Crippen LogP contribution in [0.4, 0.5) is 0 Å². The molecule has 1 aromatic rings. The number of aromatic nitrogens is 1. The zero-order valence-electron chi connectivity index (χ0n) is 14.8. The van der Waals surface area contributed by atoms with Gasteiger partial charge in [-0.25, -0.2) is 0 Å². The molecule has 1 aromatic heterocycles. The third kappa shape index (κ3) is 6.38. The molecule has 1 fully saturated rings. The summed E-state index contributed by atoms with van der Waals surface area (Å²) in [5.41, 5.74) is 0.407. The van der Waals surface area contributed by atoms with Gasteiger partial charge >= 0.3 is 5.97 Å². The quantitative estimate of drug-likeness (QED) is 0.733. The highest BCUT2D eigenvalue weighted by Gasteiger charge is 2.18. The van der Waals surface area contributed by atoms with Crippen molar-refractivity contribution in [2.75, 3.05) is 6.61 Å². The number of esters is 1. The van der Waals surface area contributed by atoms with Crippen molar-refractivity contribution in [3.05, 3.63) is 28.2 Å². The van der Waals surface area contributed by atoms with Crippen molar-refractivity contribution < 1.29 is 14.3 Å². The highest BCUT2D eigenvalue weighted by molar-refractivity contribution is 5.69. The predicted molar refractivity (Wildman–Crippen MR) is 93.0 cm³/mol. The van der Waals surface area contributed by atoms with Crippen LogP contribution >= 0.6 is 0 Å². The van der Waals surface area contributed by atoms with Crippen molar-refractivity contribution in [2.24, 2.45) is 11.8 Å². The van der Waals surface area contributed by atoms with Gasteiger partial charge in [-0.2, -0.15) is 0 Å². The second-order valence-corrected chi connectivity index (χ2v) is 7.09. The molecule has 5 nitrogen and oxygen atoms in total. The summed E-state index contributed by atoms with van der Waals surface area (Å²) in [5.74, 6) is 1.13. The molecule has 134 valence electrons. The first-order chi connectivity index (χ1) is 11.5. The molecule has 1 aliphatic rings. The lowest BCUT2D eigenvalue weighted by molar-refractivity contribution is -0.146. The van der Waals surface area contributed by atoms with Crippen molar-refractivity contribution in [3.63, 3.8) is 0 Å². The van der Waals surface area contributed by atoms with E-state index in [4.69, 9.17) is 9.47 Å². The van der Waals surface area contributed by atoms with Gasteiger partial charge < -0.3 is 14.5 Å². The number of aromatic amines is 1. The van der Waals surface area contributed by atoms with Gasteiger partial charge in [-0.1, -0.05) is 33.1 Å². The fraction of sp³-hybridized carbons (Fsp3) is 0.684. The maximum atomic E-state index is 12.0. The van der Waals surface area contributed by atoms with E-state index in [0.717, 1.165) is 19.3 Å². The van der Waals surface area contributed by atoms with Gasteiger partial charge in [0.2, 0.25) is 5.43 Å². The lowest BCUT2D eigenvalue weighted by atomic mass is 9.87. The molecular formula is C19H29NO4. The zero-order chi connectivity index (χ0) is 17.4. The Morgan fingerprint density at radius 1 is 1.29 bits per heavy atom. The largest absolute Gasteiger partial charge is 0.488 e. The van der Waals surface area contributed by atoms with E-state index in [-0.39, 0.29) is 18.0 Å². The Hall–Kier alpha value is -1.78. The van der Waals surface area contributed by atoms with Crippen LogP contribution in [0.5, 0.6) is 5.75 Å². The number of ether oxygens (including phenoxy) is 2. The monoisotopic (exact) mass is 335 g/mol. The minimum atomic E-state index is -0.184. The van der Waals surface area contributed by atoms with Gasteiger partial charge in [0, 0.05) is 18.7 Å². The molecule has 0 aromatic carbocycles. The van der Waals surface area contributed by atoms with E-state index in [1.165, 1.54) is 25.3 Å². The summed E-state index contributed by atoms with van der Waals surface area (Å²) in [6.45, 7) is 4.85. The molecular weight excluding hydrogens is 306 g/mol. The van der Waals surface area contributed by atoms with Crippen LogP contribution in [0, 0.1) is 11.8 Å². The van der Waals surface area contributed by atoms with E-state index in [9.17, 15) is 9.59 Å². The number of H-pyrrole nitrogens is 1. The minimum absolute atomic E-state index is 0.104. The molecule has 1 saturated carbocycles. The highest BCUT2D eigenvalue weighted by Crippen LogP contribution is 2.26. The standard InChI is InChI=1S/C19H29NO4/c1-14(2)8-9-23-18-12-20-16(11-17(18)21)13-24-19(22)10-15-6-4-3-5-7-15/h11-12,14-15H,3-10,13H2,1-2H3,(H,20,21). The maximum absolute atomic E-state index is 12.0. The number of rotatable bonds is 8. The Morgan fingerprint density at radius 2 is 2.04 bits per heavy atom. The SMILES string of the molecule is CC(C)CCOc1c[nH]c(COC(=O)CC2CCCCC2)cc1=O. The minimum Gasteiger partial charge on any atom is -0.488 e. The molecule has 0 bridgehead atoms. The first-order valence-electron chi connectivity index (χ1n) is 9.04. The summed E-state index contributed by atoms with van der Waals surface area (Å²) < 4.78 is 10.8. The van der Waals surface area contributed by atoms with Gasteiger partial charge in [-0.05, 0) is 31.1 Å². The molecule has 0 radical (unpaired) electrons. The van der Waals surface area contributed by atoms with Crippen LogP contribution in [-0.2, 0) is 16.1 Å². The van der Waals surface area contributed by atoms with Gasteiger partial charge in [-0.15, -0.1) is 0 Å². The van der Waals surface area contributed by atoms with E-state index >= 15 is 0 Å². The van der Waals surface area contributed by atoms with Gasteiger partial charge in [0.05, 0.1) is 12.3 Å². The smallest absolute Gasteiger partial charge is 0.306 e. The average Bonchev–Trinajstić information content (AvgIpc) is 2.55. The molecule has 2 rings (SSSR count). The predicted octanol–water partition coefficient (Wildman–Crippen LogP) is 3.81. The van der Waals surface area contributed by atoms with Crippen molar-refractivity contribution in [1.82, 2.24) is 4.98 Å². The van der Waals surface area contributed by atoms with Crippen LogP contribution in [0.25, 0.3) is 0 Å². The number of hydrogen-bond donors (Lipinski definition) is 1. The van der Waals surface area contributed by atoms with Crippen LogP contribution in [-0.4, -0.2) is 17.6 Å². The third-order valence-corrected chi connectivity index (χ3v) is 4.46. The summed E-state index contributed by atoms with van der Waals surface area (Å²) >= 11 is 0. The van der Waals surface area contributed by atoms with E-state index in [0.29, 0.717) is 36.3 Å². The fourth-order valence-electron chi connectivity index (χ4n) is 2.95. The maximum Gasteiger partial charge on any atom is 0.306 e. The molecule has 0 aliphatic heterocycles. The number of carbonyl (C=O) groups is 1. The molecule has 0 atom stereocenters. The molecule has 0 unspecified atom stereocenters. The second kappa shape index (κ2) is 9.50. The topological polar surface area (TPSA) is 68.4 Å². The van der Waals surface area contributed by atoms with Gasteiger partial charge in [0.15, 0.2) is 5.75 Å². The van der Waals surface area contributed by atoms with Crippen molar-refractivity contribution in [1.29, 1.82) is 0 Å². The first kappa shape index (κ1) is 18.6. The summed E-state index contributed by atoms with van der Waals surface area (Å²) in [6.07, 6.45) is 8.88. The third-order valence-electron chi connectivity index (χ3n) is 4.46. The summed E-state index contributed by atoms with van der Waals surface area (Å²) in [6, 6.07) is 1.44. The average molecular weight is 335 g/mol. The molecule has 1 heterocycles. The Bertz CT molecular complexity index is 573. The lowest BCUT2D eigenvalue weighted by Crippen LogP contribution is -2.16. The molecule has 24 heavy (non-hydrogen) atoms. The molecule has 1 aliphatic carbocycles. The molecule has 1 N–H and O–H groups in total. The Morgan fingerprint density at radius 3 is 2.71 bits per heavy atom. The summed E-state index contributed by atoms with van der Waals surface area (Å²) in [5, 5.41) is 0. The molecule has 0 spiro atoms. The number of nitrogens with one attached hydrogen (secondary N) is 1. The summed E-state index contributed by atoms with van der Waals surface area (Å²) in [7, 11) is 0. The number of carbonyl (C=O) groups excluding carboxylic acids is 1. The molecule has 5 heteroatoms. The zero-order valence-corrected chi connectivity index (χ0v) is 14.8. The van der Waals surface area contributed by atoms with Gasteiger partial charge in [-0.3, -0.25) is 9.59 Å². The highest BCUT2D eigenvalue weighted by atomic mass is 16.5. The van der Waals surface area contributed by atoms with Crippen LogP contribution in [0.15, 0.2) is 17.1 Å². The second-order valence-electron chi connectivity index (χ2n) is 7.09. The van der Waals surface area contributed by atoms with Gasteiger partial charge in [0.25, 0.3) is 0 Å². The Balaban J connectivity index is 1.77.